The van der Waals surface area contributed by atoms with Crippen molar-refractivity contribution in [1.82, 2.24) is 14.5 Å². The number of alkyl halides is 3. The van der Waals surface area contributed by atoms with Gasteiger partial charge in [0.25, 0.3) is 0 Å². The number of hydrogen-bond acceptors (Lipinski definition) is 4. The molecule has 0 spiro atoms. The van der Waals surface area contributed by atoms with Crippen LogP contribution >= 0.6 is 0 Å². The van der Waals surface area contributed by atoms with Crippen molar-refractivity contribution < 1.29 is 27.5 Å². The van der Waals surface area contributed by atoms with Gasteiger partial charge in [-0.3, -0.25) is 0 Å². The number of rotatable bonds is 7. The van der Waals surface area contributed by atoms with E-state index < -0.39 is 23.5 Å². The lowest BCUT2D eigenvalue weighted by Crippen LogP contribution is -2.31. The Morgan fingerprint density at radius 1 is 1.16 bits per heavy atom. The van der Waals surface area contributed by atoms with E-state index in [9.17, 15) is 27.5 Å². The molecule has 10 heteroatoms. The Hall–Kier alpha value is -3.95. The molecular formula is C28H26F4N4O2. The first-order chi connectivity index (χ1) is 18.0. The molecule has 2 aromatic heterocycles. The van der Waals surface area contributed by atoms with Crippen LogP contribution in [0.2, 0.25) is 0 Å². The molecular weight excluding hydrogens is 500 g/mol. The Labute approximate surface area is 216 Å². The van der Waals surface area contributed by atoms with E-state index >= 15 is 0 Å². The van der Waals surface area contributed by atoms with Crippen molar-refractivity contribution in [1.29, 1.82) is 0 Å². The van der Waals surface area contributed by atoms with Gasteiger partial charge in [0.15, 0.2) is 5.82 Å². The summed E-state index contributed by atoms with van der Waals surface area (Å²) in [5.41, 5.74) is 2.27. The molecule has 5 rings (SSSR count). The number of benzene rings is 2. The molecule has 2 aromatic carbocycles. The number of carboxylic acid groups (broad SMARTS) is 1. The highest BCUT2D eigenvalue weighted by molar-refractivity contribution is 5.95. The van der Waals surface area contributed by atoms with Gasteiger partial charge in [0.2, 0.25) is 5.82 Å². The molecule has 4 aromatic rings. The van der Waals surface area contributed by atoms with Gasteiger partial charge in [-0.1, -0.05) is 36.2 Å². The summed E-state index contributed by atoms with van der Waals surface area (Å²) in [5, 5.41) is 13.0. The van der Waals surface area contributed by atoms with E-state index in [0.29, 0.717) is 34.0 Å². The number of aromatic nitrogens is 3. The van der Waals surface area contributed by atoms with Crippen LogP contribution in [-0.4, -0.2) is 31.7 Å². The van der Waals surface area contributed by atoms with Crippen molar-refractivity contribution >= 4 is 22.8 Å². The van der Waals surface area contributed by atoms with E-state index in [2.05, 4.69) is 15.3 Å². The molecule has 2 N–H and O–H groups in total. The smallest absolute Gasteiger partial charge is 0.419 e. The monoisotopic (exact) mass is 526 g/mol. The third-order valence-electron chi connectivity index (χ3n) is 7.15. The van der Waals surface area contributed by atoms with Gasteiger partial charge in [-0.05, 0) is 68.0 Å². The Morgan fingerprint density at radius 3 is 2.53 bits per heavy atom. The van der Waals surface area contributed by atoms with Gasteiger partial charge >= 0.3 is 12.1 Å². The van der Waals surface area contributed by atoms with Gasteiger partial charge in [0, 0.05) is 12.6 Å². The fraction of sp³-hybridized carbons (Fsp3) is 0.321. The molecule has 1 atom stereocenters. The van der Waals surface area contributed by atoms with Gasteiger partial charge in [0.1, 0.15) is 11.3 Å². The van der Waals surface area contributed by atoms with Crippen LogP contribution in [0.3, 0.4) is 0 Å². The maximum Gasteiger partial charge on any atom is 0.419 e. The quantitative estimate of drug-likeness (QED) is 0.256. The van der Waals surface area contributed by atoms with Gasteiger partial charge in [-0.25, -0.2) is 19.2 Å². The lowest BCUT2D eigenvalue weighted by Gasteiger charge is -2.32. The SMILES string of the molecule is Cc1cccc(-c2cc3nc(C(=O)O)nc(N[C@H](C)C4CCC4)c3n2Cc2ccc(C(F)(F)F)c(F)c2)c1. The van der Waals surface area contributed by atoms with E-state index in [1.54, 1.807) is 10.6 Å². The minimum Gasteiger partial charge on any atom is -0.475 e. The molecule has 0 amide bonds. The number of fused-ring (bicyclic) bond motifs is 1. The van der Waals surface area contributed by atoms with Crippen LogP contribution in [0.5, 0.6) is 0 Å². The van der Waals surface area contributed by atoms with E-state index in [-0.39, 0.29) is 18.4 Å². The van der Waals surface area contributed by atoms with Crippen LogP contribution in [-0.2, 0) is 12.7 Å². The highest BCUT2D eigenvalue weighted by Gasteiger charge is 2.34. The normalized spacial score (nSPS) is 14.9. The van der Waals surface area contributed by atoms with Crippen molar-refractivity contribution in [2.45, 2.75) is 51.9 Å². The Kier molecular flexibility index (Phi) is 6.58. The summed E-state index contributed by atoms with van der Waals surface area (Å²) < 4.78 is 55.7. The molecule has 1 aliphatic rings. The first kappa shape index (κ1) is 25.7. The molecule has 0 saturated heterocycles. The average molecular weight is 527 g/mol. The van der Waals surface area contributed by atoms with Crippen molar-refractivity contribution in [2.75, 3.05) is 5.32 Å². The van der Waals surface area contributed by atoms with Crippen molar-refractivity contribution in [3.63, 3.8) is 0 Å². The molecule has 1 saturated carbocycles. The summed E-state index contributed by atoms with van der Waals surface area (Å²) in [5.74, 6) is -2.27. The van der Waals surface area contributed by atoms with Gasteiger partial charge in [0.05, 0.1) is 16.8 Å². The van der Waals surface area contributed by atoms with Crippen molar-refractivity contribution in [3.8, 4) is 11.3 Å². The molecule has 0 radical (unpaired) electrons. The summed E-state index contributed by atoms with van der Waals surface area (Å²) in [7, 11) is 0. The second-order valence-corrected chi connectivity index (χ2v) is 9.86. The summed E-state index contributed by atoms with van der Waals surface area (Å²) in [6.07, 6.45) is -1.57. The number of nitrogens with one attached hydrogen (secondary N) is 1. The third-order valence-corrected chi connectivity index (χ3v) is 7.15. The maximum absolute atomic E-state index is 14.5. The van der Waals surface area contributed by atoms with E-state index in [0.717, 1.165) is 42.5 Å². The molecule has 0 unspecified atom stereocenters. The number of nitrogens with zero attached hydrogens (tertiary/aromatic N) is 3. The topological polar surface area (TPSA) is 80.0 Å². The van der Waals surface area contributed by atoms with Crippen LogP contribution in [0.15, 0.2) is 48.5 Å². The van der Waals surface area contributed by atoms with Crippen LogP contribution in [0.25, 0.3) is 22.3 Å². The maximum atomic E-state index is 14.5. The van der Waals surface area contributed by atoms with Crippen LogP contribution in [0, 0.1) is 18.7 Å². The minimum atomic E-state index is -4.80. The van der Waals surface area contributed by atoms with Crippen molar-refractivity contribution in [2.24, 2.45) is 5.92 Å². The highest BCUT2D eigenvalue weighted by atomic mass is 19.4. The zero-order valence-electron chi connectivity index (χ0n) is 20.8. The number of carboxylic acids is 1. The van der Waals surface area contributed by atoms with E-state index in [1.165, 1.54) is 6.07 Å². The summed E-state index contributed by atoms with van der Waals surface area (Å²) in [6, 6.07) is 12.2. The van der Waals surface area contributed by atoms with Gasteiger partial charge < -0.3 is 15.0 Å². The fourth-order valence-corrected chi connectivity index (χ4v) is 4.91. The number of carbonyl (C=O) groups is 1. The van der Waals surface area contributed by atoms with E-state index in [4.69, 9.17) is 0 Å². The lowest BCUT2D eigenvalue weighted by molar-refractivity contribution is -0.140. The van der Waals surface area contributed by atoms with Crippen LogP contribution < -0.4 is 5.32 Å². The summed E-state index contributed by atoms with van der Waals surface area (Å²) >= 11 is 0. The predicted octanol–water partition coefficient (Wildman–Crippen LogP) is 6.91. The highest BCUT2D eigenvalue weighted by Crippen LogP contribution is 2.36. The standard InChI is InChI=1S/C28H26F4N4O2/c1-15-5-3-8-19(11-15)23-13-22-24(36(23)14-17-9-10-20(21(29)12-17)28(30,31)32)25(35-26(34-22)27(37)38)33-16(2)18-6-4-7-18/h3,5,8-13,16,18H,4,6-7,14H2,1-2H3,(H,37,38)(H,33,34,35)/t16-/m1/s1. The fourth-order valence-electron chi connectivity index (χ4n) is 4.91. The van der Waals surface area contributed by atoms with Crippen molar-refractivity contribution in [3.05, 3.63) is 76.9 Å². The molecule has 198 valence electrons. The first-order valence-corrected chi connectivity index (χ1v) is 12.3. The molecule has 0 aliphatic heterocycles. The molecule has 38 heavy (non-hydrogen) atoms. The minimum absolute atomic E-state index is 0.0118. The molecule has 1 fully saturated rings. The zero-order valence-corrected chi connectivity index (χ0v) is 20.8. The van der Waals surface area contributed by atoms with E-state index in [1.807, 2.05) is 38.1 Å². The van der Waals surface area contributed by atoms with Crippen LogP contribution in [0.1, 0.15) is 53.5 Å². The Balaban J connectivity index is 1.70. The molecule has 2 heterocycles. The number of aromatic carboxylic acids is 1. The Bertz CT molecular complexity index is 1530. The largest absolute Gasteiger partial charge is 0.475 e. The number of halogens is 4. The number of anilines is 1. The van der Waals surface area contributed by atoms with Crippen LogP contribution in [0.4, 0.5) is 23.4 Å². The molecule has 1 aliphatic carbocycles. The zero-order chi connectivity index (χ0) is 27.2. The molecule has 0 bridgehead atoms. The molecule has 6 nitrogen and oxygen atoms in total. The first-order valence-electron chi connectivity index (χ1n) is 12.3. The van der Waals surface area contributed by atoms with Gasteiger partial charge in [-0.2, -0.15) is 13.2 Å². The lowest BCUT2D eigenvalue weighted by atomic mass is 9.80. The average Bonchev–Trinajstić information content (AvgIpc) is 3.15. The number of aryl methyl sites for hydroxylation is 1. The third kappa shape index (κ3) is 4.94. The summed E-state index contributed by atoms with van der Waals surface area (Å²) in [4.78, 5) is 20.4. The predicted molar refractivity (Wildman–Crippen MR) is 136 cm³/mol. The Morgan fingerprint density at radius 2 is 1.92 bits per heavy atom. The van der Waals surface area contributed by atoms with Gasteiger partial charge in [-0.15, -0.1) is 0 Å². The second-order valence-electron chi connectivity index (χ2n) is 9.86. The number of hydrogen-bond donors (Lipinski definition) is 2. The second kappa shape index (κ2) is 9.74. The summed E-state index contributed by atoms with van der Waals surface area (Å²) in [6.45, 7) is 3.96.